The molecule has 0 saturated carbocycles. The molecule has 186 valence electrons. The third-order valence-corrected chi connectivity index (χ3v) is 6.33. The van der Waals surface area contributed by atoms with Gasteiger partial charge in [0.2, 0.25) is 0 Å². The summed E-state index contributed by atoms with van der Waals surface area (Å²) in [5.74, 6) is 5.62. The van der Waals surface area contributed by atoms with Gasteiger partial charge in [0, 0.05) is 23.4 Å². The number of ether oxygens (including phenoxy) is 2. The zero-order valence-electron chi connectivity index (χ0n) is 18.1. The molecule has 4 rings (SSSR count). The molecule has 10 atom stereocenters. The molecule has 0 bridgehead atoms. The second-order valence-corrected chi connectivity index (χ2v) is 8.62. The van der Waals surface area contributed by atoms with Gasteiger partial charge in [-0.2, -0.15) is 0 Å². The van der Waals surface area contributed by atoms with Crippen molar-refractivity contribution < 1.29 is 50.3 Å². The molecule has 2 aromatic rings. The Bertz CT molecular complexity index is 1050. The Morgan fingerprint density at radius 2 is 1.50 bits per heavy atom. The van der Waals surface area contributed by atoms with Crippen LogP contribution in [-0.2, 0) is 9.47 Å². The molecule has 2 aliphatic rings. The Balaban J connectivity index is 1.55. The molecule has 2 fully saturated rings. The number of aromatic nitrogens is 1. The van der Waals surface area contributed by atoms with E-state index in [2.05, 4.69) is 16.8 Å². The number of aromatic amines is 1. The van der Waals surface area contributed by atoms with E-state index in [-0.39, 0.29) is 13.0 Å². The van der Waals surface area contributed by atoms with Crippen molar-refractivity contribution >= 4 is 10.9 Å². The zero-order valence-corrected chi connectivity index (χ0v) is 18.1. The monoisotopic (exact) mass is 479 g/mol. The summed E-state index contributed by atoms with van der Waals surface area (Å²) in [6.07, 6.45) is -12.5. The number of hydrogen-bond donors (Lipinski definition) is 9. The number of H-pyrrole nitrogens is 1. The van der Waals surface area contributed by atoms with Gasteiger partial charge in [0.1, 0.15) is 54.9 Å². The smallest absolute Gasteiger partial charge is 0.147 e. The van der Waals surface area contributed by atoms with E-state index in [9.17, 15) is 35.7 Å². The van der Waals surface area contributed by atoms with E-state index in [0.29, 0.717) is 16.8 Å². The minimum Gasteiger partial charge on any atom is -0.396 e. The van der Waals surface area contributed by atoms with Gasteiger partial charge in [-0.25, -0.2) is 0 Å². The van der Waals surface area contributed by atoms with Crippen molar-refractivity contribution in [3.63, 3.8) is 0 Å². The Labute approximate surface area is 194 Å². The van der Waals surface area contributed by atoms with E-state index < -0.39 is 67.6 Å². The fraction of sp³-hybridized carbons (Fsp3) is 0.565. The van der Waals surface area contributed by atoms with Crippen LogP contribution in [0.3, 0.4) is 0 Å². The van der Waals surface area contributed by atoms with Gasteiger partial charge in [-0.3, -0.25) is 0 Å². The number of fused-ring (bicyclic) bond motifs is 1. The minimum absolute atomic E-state index is 0.0816. The minimum atomic E-state index is -1.49. The number of nitrogens with one attached hydrogen (secondary N) is 1. The second-order valence-electron chi connectivity index (χ2n) is 8.62. The van der Waals surface area contributed by atoms with Crippen LogP contribution in [0.25, 0.3) is 10.9 Å². The molecule has 0 amide bonds. The fourth-order valence-electron chi connectivity index (χ4n) is 4.33. The van der Waals surface area contributed by atoms with Gasteiger partial charge < -0.3 is 55.3 Å². The van der Waals surface area contributed by atoms with Crippen molar-refractivity contribution in [3.8, 4) is 11.8 Å². The molecule has 34 heavy (non-hydrogen) atoms. The average molecular weight is 479 g/mol. The first-order chi connectivity index (χ1) is 16.2. The molecule has 2 saturated heterocycles. The van der Waals surface area contributed by atoms with Crippen molar-refractivity contribution in [2.75, 3.05) is 13.2 Å². The van der Waals surface area contributed by atoms with Crippen molar-refractivity contribution in [2.45, 2.75) is 67.5 Å². The highest BCUT2D eigenvalue weighted by molar-refractivity contribution is 5.82. The summed E-state index contributed by atoms with van der Waals surface area (Å²) >= 11 is 0. The zero-order chi connectivity index (χ0) is 24.6. The lowest BCUT2D eigenvalue weighted by Gasteiger charge is -2.39. The van der Waals surface area contributed by atoms with Gasteiger partial charge in [-0.15, -0.1) is 0 Å². The molecule has 11 nitrogen and oxygen atoms in total. The molecule has 1 aromatic carbocycles. The summed E-state index contributed by atoms with van der Waals surface area (Å²) in [6.45, 7) is -0.785. The van der Waals surface area contributed by atoms with Crippen LogP contribution in [0.4, 0.5) is 0 Å². The lowest BCUT2D eigenvalue weighted by molar-refractivity contribution is -0.232. The first-order valence-electron chi connectivity index (χ1n) is 11.0. The van der Waals surface area contributed by atoms with E-state index in [0.717, 1.165) is 5.39 Å². The third-order valence-electron chi connectivity index (χ3n) is 6.33. The summed E-state index contributed by atoms with van der Waals surface area (Å²) < 4.78 is 11.1. The first kappa shape index (κ1) is 25.0. The number of aliphatic hydroxyl groups is 8. The fourth-order valence-corrected chi connectivity index (χ4v) is 4.33. The molecule has 3 heterocycles. The molecular formula is C23H29NO10. The highest BCUT2D eigenvalue weighted by atomic mass is 16.5. The van der Waals surface area contributed by atoms with Gasteiger partial charge in [-0.05, 0) is 30.0 Å². The summed E-state index contributed by atoms with van der Waals surface area (Å²) in [5, 5.41) is 79.9. The summed E-state index contributed by atoms with van der Waals surface area (Å²) in [5.41, 5.74) is 1.62. The van der Waals surface area contributed by atoms with Gasteiger partial charge in [0.25, 0.3) is 0 Å². The van der Waals surface area contributed by atoms with Crippen LogP contribution in [0, 0.1) is 11.8 Å². The first-order valence-corrected chi connectivity index (χ1v) is 11.0. The predicted octanol–water partition coefficient (Wildman–Crippen LogP) is -2.73. The van der Waals surface area contributed by atoms with E-state index in [1.54, 1.807) is 24.3 Å². The topological polar surface area (TPSA) is 196 Å². The third kappa shape index (κ3) is 4.71. The molecule has 9 N–H and O–H groups in total. The maximum atomic E-state index is 10.4. The standard InChI is InChI=1S/C23H29NO10/c25-6-5-15-18(28)20(30)17(27)14(33-15)4-2-10-1-3-11-8-13(24-12(11)7-10)23-22(32)21(31)19(29)16(9-26)34-23/h1,3,7-8,14-32H,5-6,9H2/t14-,15-,16-,17-,18-,19-,20-,21+,22+,23-/m1/s1. The van der Waals surface area contributed by atoms with Gasteiger partial charge in [0.15, 0.2) is 0 Å². The number of benzene rings is 1. The number of rotatable bonds is 4. The van der Waals surface area contributed by atoms with Gasteiger partial charge in [0.05, 0.1) is 12.7 Å². The quantitative estimate of drug-likeness (QED) is 0.208. The van der Waals surface area contributed by atoms with Gasteiger partial charge >= 0.3 is 0 Å². The Morgan fingerprint density at radius 3 is 2.21 bits per heavy atom. The van der Waals surface area contributed by atoms with E-state index in [1.807, 2.05) is 0 Å². The largest absolute Gasteiger partial charge is 0.396 e. The lowest BCUT2D eigenvalue weighted by atomic mass is 9.93. The van der Waals surface area contributed by atoms with Crippen LogP contribution in [0.15, 0.2) is 24.3 Å². The highest BCUT2D eigenvalue weighted by Crippen LogP contribution is 2.33. The van der Waals surface area contributed by atoms with Crippen molar-refractivity contribution in [1.29, 1.82) is 0 Å². The molecule has 2 aliphatic heterocycles. The maximum absolute atomic E-state index is 10.4. The molecular weight excluding hydrogens is 450 g/mol. The number of aliphatic hydroxyl groups excluding tert-OH is 8. The van der Waals surface area contributed by atoms with Crippen molar-refractivity contribution in [2.24, 2.45) is 0 Å². The molecule has 0 aliphatic carbocycles. The van der Waals surface area contributed by atoms with Crippen LogP contribution in [0.1, 0.15) is 23.8 Å². The van der Waals surface area contributed by atoms with Crippen molar-refractivity contribution in [3.05, 3.63) is 35.5 Å². The van der Waals surface area contributed by atoms with Crippen LogP contribution >= 0.6 is 0 Å². The normalized spacial score (nSPS) is 38.5. The molecule has 0 spiro atoms. The summed E-state index contributed by atoms with van der Waals surface area (Å²) in [7, 11) is 0. The maximum Gasteiger partial charge on any atom is 0.147 e. The number of hydrogen-bond acceptors (Lipinski definition) is 10. The SMILES string of the molecule is OCC[C@H]1O[C@H](C#Cc2ccc3cc([C@H]4O[C@H](CO)[C@@H](O)[C@H](O)[C@@H]4O)[nH]c3c2)[C@@H](O)[C@@H](O)[C@@H]1O. The molecule has 0 unspecified atom stereocenters. The average Bonchev–Trinajstić information content (AvgIpc) is 3.25. The van der Waals surface area contributed by atoms with E-state index in [4.69, 9.17) is 14.6 Å². The predicted molar refractivity (Wildman–Crippen MR) is 116 cm³/mol. The van der Waals surface area contributed by atoms with Gasteiger partial charge in [-0.1, -0.05) is 17.9 Å². The Morgan fingerprint density at radius 1 is 0.794 bits per heavy atom. The summed E-state index contributed by atoms with van der Waals surface area (Å²) in [6, 6.07) is 6.90. The Hall–Kier alpha value is -2.08. The van der Waals surface area contributed by atoms with Crippen molar-refractivity contribution in [1.82, 2.24) is 4.98 Å². The van der Waals surface area contributed by atoms with Crippen LogP contribution in [0.5, 0.6) is 0 Å². The summed E-state index contributed by atoms with van der Waals surface area (Å²) in [4.78, 5) is 3.09. The second kappa shape index (κ2) is 10.3. The van der Waals surface area contributed by atoms with Crippen LogP contribution in [-0.4, -0.2) is 114 Å². The molecule has 0 radical (unpaired) electrons. The Kier molecular flexibility index (Phi) is 7.56. The molecule has 11 heteroatoms. The van der Waals surface area contributed by atoms with E-state index in [1.165, 1.54) is 0 Å². The van der Waals surface area contributed by atoms with Crippen LogP contribution < -0.4 is 0 Å². The highest BCUT2D eigenvalue weighted by Gasteiger charge is 2.45. The lowest BCUT2D eigenvalue weighted by Crippen LogP contribution is -2.57. The van der Waals surface area contributed by atoms with E-state index >= 15 is 0 Å². The molecule has 1 aromatic heterocycles. The van der Waals surface area contributed by atoms with Crippen LogP contribution in [0.2, 0.25) is 0 Å².